The molecule has 0 bridgehead atoms. The number of rotatable bonds is 4. The van der Waals surface area contributed by atoms with Crippen molar-refractivity contribution in [2.75, 3.05) is 11.9 Å². The molecule has 27 heavy (non-hydrogen) atoms. The number of carbonyl (C=O) groups excluding carboxylic acids is 4. The van der Waals surface area contributed by atoms with Crippen LogP contribution in [-0.2, 0) is 19.1 Å². The van der Waals surface area contributed by atoms with Crippen LogP contribution in [0.5, 0.6) is 0 Å². The number of imide groups is 1. The van der Waals surface area contributed by atoms with Gasteiger partial charge in [-0.25, -0.2) is 9.59 Å². The summed E-state index contributed by atoms with van der Waals surface area (Å²) >= 11 is 0. The predicted octanol–water partition coefficient (Wildman–Crippen LogP) is 2.07. The van der Waals surface area contributed by atoms with E-state index in [9.17, 15) is 19.2 Å². The predicted molar refractivity (Wildman–Crippen MR) is 94.6 cm³/mol. The number of nitrogens with zero attached hydrogens (tertiary/aromatic N) is 1. The van der Waals surface area contributed by atoms with Crippen LogP contribution in [0.4, 0.5) is 5.69 Å². The van der Waals surface area contributed by atoms with Crippen LogP contribution >= 0.6 is 0 Å². The Labute approximate surface area is 156 Å². The van der Waals surface area contributed by atoms with Gasteiger partial charge in [0.1, 0.15) is 0 Å². The molecule has 0 atom stereocenters. The Morgan fingerprint density at radius 1 is 1.04 bits per heavy atom. The summed E-state index contributed by atoms with van der Waals surface area (Å²) in [5.41, 5.74) is 0.758. The molecule has 1 fully saturated rings. The van der Waals surface area contributed by atoms with E-state index in [1.54, 1.807) is 6.07 Å². The minimum atomic E-state index is -1.31. The van der Waals surface area contributed by atoms with E-state index >= 15 is 0 Å². The number of benzene rings is 1. The number of anilines is 1. The normalized spacial score (nSPS) is 18.4. The Kier molecular flexibility index (Phi) is 4.51. The molecule has 2 amide bonds. The van der Waals surface area contributed by atoms with Crippen LogP contribution in [0.2, 0.25) is 0 Å². The first-order valence-corrected chi connectivity index (χ1v) is 8.52. The molecule has 1 saturated heterocycles. The molecule has 2 heterocycles. The van der Waals surface area contributed by atoms with Gasteiger partial charge in [0.25, 0.3) is 17.6 Å². The van der Waals surface area contributed by atoms with Crippen molar-refractivity contribution in [1.82, 2.24) is 4.90 Å². The second-order valence-electron chi connectivity index (χ2n) is 7.26. The number of hydrogen-bond acceptors (Lipinski definition) is 7. The van der Waals surface area contributed by atoms with Gasteiger partial charge in [-0.1, -0.05) is 13.8 Å². The second-order valence-corrected chi connectivity index (χ2v) is 7.26. The lowest BCUT2D eigenvalue weighted by atomic mass is 10.1. The quantitative estimate of drug-likeness (QED) is 0.374. The first kappa shape index (κ1) is 18.6. The molecular formula is C19H20N2O6. The van der Waals surface area contributed by atoms with Gasteiger partial charge in [0.2, 0.25) is 0 Å². The van der Waals surface area contributed by atoms with E-state index in [2.05, 4.69) is 5.32 Å². The molecule has 0 spiro atoms. The molecule has 0 unspecified atom stereocenters. The molecule has 1 N–H and O–H groups in total. The number of carbonyl (C=O) groups is 4. The number of cyclic esters (lactones) is 2. The van der Waals surface area contributed by atoms with Crippen LogP contribution in [0, 0.1) is 5.92 Å². The van der Waals surface area contributed by atoms with E-state index in [0.29, 0.717) is 17.8 Å². The summed E-state index contributed by atoms with van der Waals surface area (Å²) in [6.07, 6.45) is 1.16. The number of ether oxygens (including phenoxy) is 2. The van der Waals surface area contributed by atoms with Gasteiger partial charge in [-0.15, -0.1) is 0 Å². The molecule has 1 aromatic rings. The van der Waals surface area contributed by atoms with Crippen molar-refractivity contribution in [3.63, 3.8) is 0 Å². The molecule has 0 aromatic heterocycles. The molecule has 142 valence electrons. The van der Waals surface area contributed by atoms with Gasteiger partial charge in [0.15, 0.2) is 5.57 Å². The Bertz CT molecular complexity index is 862. The van der Waals surface area contributed by atoms with Gasteiger partial charge < -0.3 is 14.8 Å². The Balaban J connectivity index is 1.81. The molecule has 0 aliphatic carbocycles. The monoisotopic (exact) mass is 372 g/mol. The lowest BCUT2D eigenvalue weighted by molar-refractivity contribution is -0.222. The number of hydrogen-bond donors (Lipinski definition) is 1. The van der Waals surface area contributed by atoms with Crippen molar-refractivity contribution in [2.24, 2.45) is 5.92 Å². The molecule has 1 aromatic carbocycles. The maximum absolute atomic E-state index is 12.5. The third-order valence-electron chi connectivity index (χ3n) is 4.02. The van der Waals surface area contributed by atoms with Crippen LogP contribution in [-0.4, -0.2) is 41.0 Å². The summed E-state index contributed by atoms with van der Waals surface area (Å²) < 4.78 is 10.0. The topological polar surface area (TPSA) is 102 Å². The zero-order valence-electron chi connectivity index (χ0n) is 15.5. The number of esters is 2. The van der Waals surface area contributed by atoms with Crippen molar-refractivity contribution in [1.29, 1.82) is 0 Å². The summed E-state index contributed by atoms with van der Waals surface area (Å²) in [6, 6.07) is 4.64. The summed E-state index contributed by atoms with van der Waals surface area (Å²) in [6.45, 7) is 7.10. The first-order chi connectivity index (χ1) is 12.6. The van der Waals surface area contributed by atoms with E-state index in [4.69, 9.17) is 9.47 Å². The zero-order valence-corrected chi connectivity index (χ0v) is 15.5. The fourth-order valence-electron chi connectivity index (χ4n) is 2.85. The minimum Gasteiger partial charge on any atom is -0.419 e. The van der Waals surface area contributed by atoms with Gasteiger partial charge in [0.05, 0.1) is 11.1 Å². The molecule has 0 saturated carbocycles. The SMILES string of the molecule is CC(C)CN1C(=O)c2ccc(NC=C3C(=O)OC(C)(C)OC3=O)cc2C1=O. The molecule has 2 aliphatic rings. The van der Waals surface area contributed by atoms with Gasteiger partial charge in [-0.3, -0.25) is 14.5 Å². The van der Waals surface area contributed by atoms with Crippen molar-refractivity contribution >= 4 is 29.4 Å². The molecule has 3 rings (SSSR count). The zero-order chi connectivity index (χ0) is 19.9. The fraction of sp³-hybridized carbons (Fsp3) is 0.368. The van der Waals surface area contributed by atoms with E-state index < -0.39 is 17.7 Å². The average molecular weight is 372 g/mol. The van der Waals surface area contributed by atoms with Crippen LogP contribution in [0.3, 0.4) is 0 Å². The van der Waals surface area contributed by atoms with Gasteiger partial charge in [-0.2, -0.15) is 0 Å². The Morgan fingerprint density at radius 3 is 2.22 bits per heavy atom. The van der Waals surface area contributed by atoms with E-state index in [1.807, 2.05) is 13.8 Å². The second kappa shape index (κ2) is 6.53. The highest BCUT2D eigenvalue weighted by Gasteiger charge is 2.39. The molecule has 0 radical (unpaired) electrons. The van der Waals surface area contributed by atoms with E-state index in [0.717, 1.165) is 6.20 Å². The Morgan fingerprint density at radius 2 is 1.63 bits per heavy atom. The molecule has 8 heteroatoms. The summed E-state index contributed by atoms with van der Waals surface area (Å²) in [5.74, 6) is -3.46. The first-order valence-electron chi connectivity index (χ1n) is 8.52. The van der Waals surface area contributed by atoms with Gasteiger partial charge in [0, 0.05) is 32.3 Å². The van der Waals surface area contributed by atoms with E-state index in [-0.39, 0.29) is 28.9 Å². The Hall–Kier alpha value is -3.16. The highest BCUT2D eigenvalue weighted by molar-refractivity contribution is 6.21. The molecule has 2 aliphatic heterocycles. The van der Waals surface area contributed by atoms with E-state index in [1.165, 1.54) is 30.9 Å². The van der Waals surface area contributed by atoms with Crippen LogP contribution in [0.25, 0.3) is 0 Å². The van der Waals surface area contributed by atoms with Gasteiger partial charge >= 0.3 is 11.9 Å². The van der Waals surface area contributed by atoms with Crippen molar-refractivity contribution in [2.45, 2.75) is 33.5 Å². The largest absolute Gasteiger partial charge is 0.419 e. The standard InChI is InChI=1S/C19H20N2O6/c1-10(2)9-21-15(22)12-6-5-11(7-13(12)16(21)23)20-8-14-17(24)26-19(3,4)27-18(14)25/h5-8,10,20H,9H2,1-4H3. The average Bonchev–Trinajstić information content (AvgIpc) is 2.77. The maximum Gasteiger partial charge on any atom is 0.350 e. The van der Waals surface area contributed by atoms with Crippen LogP contribution in [0.15, 0.2) is 30.0 Å². The molecular weight excluding hydrogens is 352 g/mol. The highest BCUT2D eigenvalue weighted by atomic mass is 16.7. The van der Waals surface area contributed by atoms with Crippen molar-refractivity contribution < 1.29 is 28.7 Å². The summed E-state index contributed by atoms with van der Waals surface area (Å²) in [7, 11) is 0. The number of amides is 2. The lowest BCUT2D eigenvalue weighted by Crippen LogP contribution is -2.42. The number of nitrogens with one attached hydrogen (secondary N) is 1. The smallest absolute Gasteiger partial charge is 0.350 e. The van der Waals surface area contributed by atoms with Gasteiger partial charge in [-0.05, 0) is 24.1 Å². The third kappa shape index (κ3) is 3.55. The number of fused-ring (bicyclic) bond motifs is 1. The van der Waals surface area contributed by atoms with Crippen LogP contribution < -0.4 is 5.32 Å². The van der Waals surface area contributed by atoms with Crippen molar-refractivity contribution in [3.05, 3.63) is 41.1 Å². The minimum absolute atomic E-state index is 0.155. The summed E-state index contributed by atoms with van der Waals surface area (Å²) in [5, 5.41) is 2.78. The molecule has 8 nitrogen and oxygen atoms in total. The third-order valence-corrected chi connectivity index (χ3v) is 4.02. The summed E-state index contributed by atoms with van der Waals surface area (Å²) in [4.78, 5) is 49.9. The maximum atomic E-state index is 12.5. The van der Waals surface area contributed by atoms with Crippen LogP contribution in [0.1, 0.15) is 48.4 Å². The highest BCUT2D eigenvalue weighted by Crippen LogP contribution is 2.27. The lowest BCUT2D eigenvalue weighted by Gasteiger charge is -2.29. The fourth-order valence-corrected chi connectivity index (χ4v) is 2.85. The van der Waals surface area contributed by atoms with Crippen molar-refractivity contribution in [3.8, 4) is 0 Å².